The number of ether oxygens (including phenoxy) is 2. The molecule has 0 N–H and O–H groups in total. The van der Waals surface area contributed by atoms with Gasteiger partial charge in [0.15, 0.2) is 0 Å². The maximum Gasteiger partial charge on any atom is 0.138 e. The number of hydrogen-bond acceptors (Lipinski definition) is 3. The van der Waals surface area contributed by atoms with Crippen molar-refractivity contribution in [2.24, 2.45) is 0 Å². The lowest BCUT2D eigenvalue weighted by Gasteiger charge is -2.10. The van der Waals surface area contributed by atoms with Crippen molar-refractivity contribution in [2.75, 3.05) is 13.2 Å². The molecule has 0 bridgehead atoms. The van der Waals surface area contributed by atoms with Gasteiger partial charge in [0, 0.05) is 15.6 Å². The molecule has 5 heteroatoms. The number of benzene rings is 2. The molecule has 0 aliphatic rings. The minimum atomic E-state index is 0.335. The number of rotatable bonds is 5. The van der Waals surface area contributed by atoms with Crippen LogP contribution >= 0.6 is 27.5 Å². The van der Waals surface area contributed by atoms with Crippen molar-refractivity contribution >= 4 is 27.5 Å². The average Bonchev–Trinajstić information content (AvgIpc) is 2.44. The number of nitriles is 1. The second-order valence-corrected chi connectivity index (χ2v) is 5.26. The Balaban J connectivity index is 1.87. The number of hydrogen-bond donors (Lipinski definition) is 0. The second-order valence-electron chi connectivity index (χ2n) is 3.91. The molecule has 2 aromatic rings. The highest BCUT2D eigenvalue weighted by atomic mass is 79.9. The average molecular weight is 353 g/mol. The second kappa shape index (κ2) is 7.18. The predicted molar refractivity (Wildman–Crippen MR) is 81.3 cm³/mol. The van der Waals surface area contributed by atoms with Crippen LogP contribution in [0.15, 0.2) is 46.9 Å². The van der Waals surface area contributed by atoms with E-state index in [1.54, 1.807) is 18.2 Å². The van der Waals surface area contributed by atoms with E-state index in [1.165, 1.54) is 0 Å². The molecule has 2 rings (SSSR count). The van der Waals surface area contributed by atoms with Crippen molar-refractivity contribution in [1.29, 1.82) is 5.26 Å². The lowest BCUT2D eigenvalue weighted by atomic mass is 10.2. The summed E-state index contributed by atoms with van der Waals surface area (Å²) in [5.41, 5.74) is 0.455. The summed E-state index contributed by atoms with van der Waals surface area (Å²) in [4.78, 5) is 0. The Morgan fingerprint density at radius 1 is 1.10 bits per heavy atom. The van der Waals surface area contributed by atoms with Crippen molar-refractivity contribution in [3.63, 3.8) is 0 Å². The first kappa shape index (κ1) is 14.7. The molecule has 0 aromatic heterocycles. The van der Waals surface area contributed by atoms with Gasteiger partial charge in [0.25, 0.3) is 0 Å². The zero-order chi connectivity index (χ0) is 14.4. The normalized spacial score (nSPS) is 9.85. The van der Waals surface area contributed by atoms with Crippen molar-refractivity contribution in [2.45, 2.75) is 0 Å². The van der Waals surface area contributed by atoms with Gasteiger partial charge in [-0.2, -0.15) is 5.26 Å². The van der Waals surface area contributed by atoms with Gasteiger partial charge in [0.05, 0.1) is 5.56 Å². The van der Waals surface area contributed by atoms with Gasteiger partial charge in [0.2, 0.25) is 0 Å². The standard InChI is InChI=1S/C15H11BrClNO2/c16-12-2-1-3-14(8-12)19-6-7-20-15-9-13(17)5-4-11(15)10-18/h1-5,8-9H,6-7H2. The fraction of sp³-hybridized carbons (Fsp3) is 0.133. The number of halogens is 2. The lowest BCUT2D eigenvalue weighted by molar-refractivity contribution is 0.216. The first-order valence-corrected chi connectivity index (χ1v) is 7.07. The van der Waals surface area contributed by atoms with Crippen LogP contribution in [0.5, 0.6) is 11.5 Å². The maximum atomic E-state index is 8.96. The molecule has 0 aliphatic carbocycles. The largest absolute Gasteiger partial charge is 0.490 e. The van der Waals surface area contributed by atoms with Crippen LogP contribution in [-0.4, -0.2) is 13.2 Å². The zero-order valence-corrected chi connectivity index (χ0v) is 12.8. The van der Waals surface area contributed by atoms with Gasteiger partial charge in [0.1, 0.15) is 30.8 Å². The van der Waals surface area contributed by atoms with Gasteiger partial charge in [-0.3, -0.25) is 0 Å². The zero-order valence-electron chi connectivity index (χ0n) is 10.5. The number of nitrogens with zero attached hydrogens (tertiary/aromatic N) is 1. The molecule has 0 saturated carbocycles. The van der Waals surface area contributed by atoms with E-state index in [0.29, 0.717) is 29.5 Å². The van der Waals surface area contributed by atoms with E-state index in [0.717, 1.165) is 10.2 Å². The molecule has 0 saturated heterocycles. The van der Waals surface area contributed by atoms with E-state index in [4.69, 9.17) is 26.3 Å². The van der Waals surface area contributed by atoms with Gasteiger partial charge in [-0.05, 0) is 30.3 Å². The third-order valence-electron chi connectivity index (χ3n) is 2.47. The fourth-order valence-electron chi connectivity index (χ4n) is 1.58. The minimum Gasteiger partial charge on any atom is -0.490 e. The molecule has 0 atom stereocenters. The summed E-state index contributed by atoms with van der Waals surface area (Å²) < 4.78 is 12.0. The summed E-state index contributed by atoms with van der Waals surface area (Å²) in [6, 6.07) is 14.5. The molecular formula is C15H11BrClNO2. The molecule has 0 unspecified atom stereocenters. The molecule has 0 heterocycles. The fourth-order valence-corrected chi connectivity index (χ4v) is 2.12. The van der Waals surface area contributed by atoms with E-state index in [1.807, 2.05) is 24.3 Å². The Hall–Kier alpha value is -1.70. The van der Waals surface area contributed by atoms with Gasteiger partial charge >= 0.3 is 0 Å². The monoisotopic (exact) mass is 351 g/mol. The third kappa shape index (κ3) is 4.16. The predicted octanol–water partition coefficient (Wildman–Crippen LogP) is 4.43. The smallest absolute Gasteiger partial charge is 0.138 e. The Morgan fingerprint density at radius 3 is 2.65 bits per heavy atom. The van der Waals surface area contributed by atoms with E-state index >= 15 is 0 Å². The van der Waals surface area contributed by atoms with Crippen molar-refractivity contribution in [3.8, 4) is 17.6 Å². The van der Waals surface area contributed by atoms with Gasteiger partial charge in [-0.1, -0.05) is 33.6 Å². The topological polar surface area (TPSA) is 42.2 Å². The van der Waals surface area contributed by atoms with Crippen LogP contribution < -0.4 is 9.47 Å². The summed E-state index contributed by atoms with van der Waals surface area (Å²) in [5, 5.41) is 9.50. The van der Waals surface area contributed by atoms with Crippen molar-refractivity contribution in [1.82, 2.24) is 0 Å². The Kier molecular flexibility index (Phi) is 5.28. The van der Waals surface area contributed by atoms with Gasteiger partial charge in [-0.15, -0.1) is 0 Å². The SMILES string of the molecule is N#Cc1ccc(Cl)cc1OCCOc1cccc(Br)c1. The van der Waals surface area contributed by atoms with Crippen molar-refractivity contribution in [3.05, 3.63) is 57.5 Å². The summed E-state index contributed by atoms with van der Waals surface area (Å²) in [6.07, 6.45) is 0. The van der Waals surface area contributed by atoms with Crippen LogP contribution in [0.3, 0.4) is 0 Å². The summed E-state index contributed by atoms with van der Waals surface area (Å²) in [6.45, 7) is 0.718. The van der Waals surface area contributed by atoms with Gasteiger partial charge < -0.3 is 9.47 Å². The first-order chi connectivity index (χ1) is 9.69. The quantitative estimate of drug-likeness (QED) is 0.747. The molecule has 0 fully saturated rings. The van der Waals surface area contributed by atoms with Crippen LogP contribution in [0, 0.1) is 11.3 Å². The first-order valence-electron chi connectivity index (χ1n) is 5.90. The van der Waals surface area contributed by atoms with E-state index in [2.05, 4.69) is 22.0 Å². The molecule has 20 heavy (non-hydrogen) atoms. The molecule has 0 spiro atoms. The third-order valence-corrected chi connectivity index (χ3v) is 3.20. The van der Waals surface area contributed by atoms with E-state index in [-0.39, 0.29) is 0 Å². The molecular weight excluding hydrogens is 342 g/mol. The molecule has 0 amide bonds. The molecule has 0 radical (unpaired) electrons. The Labute approximate surface area is 130 Å². The molecule has 3 nitrogen and oxygen atoms in total. The van der Waals surface area contributed by atoms with Crippen LogP contribution in [0.25, 0.3) is 0 Å². The van der Waals surface area contributed by atoms with Crippen molar-refractivity contribution < 1.29 is 9.47 Å². The molecule has 0 aliphatic heterocycles. The Morgan fingerprint density at radius 2 is 1.90 bits per heavy atom. The lowest BCUT2D eigenvalue weighted by Crippen LogP contribution is -2.09. The van der Waals surface area contributed by atoms with Crippen LogP contribution in [-0.2, 0) is 0 Å². The minimum absolute atomic E-state index is 0.335. The van der Waals surface area contributed by atoms with Crippen LogP contribution in [0.4, 0.5) is 0 Å². The maximum absolute atomic E-state index is 8.96. The summed E-state index contributed by atoms with van der Waals surface area (Å²) in [7, 11) is 0. The van der Waals surface area contributed by atoms with E-state index in [9.17, 15) is 0 Å². The summed E-state index contributed by atoms with van der Waals surface area (Å²) >= 11 is 9.25. The summed E-state index contributed by atoms with van der Waals surface area (Å²) in [5.74, 6) is 1.23. The van der Waals surface area contributed by atoms with Gasteiger partial charge in [-0.25, -0.2) is 0 Å². The van der Waals surface area contributed by atoms with Crippen LogP contribution in [0.1, 0.15) is 5.56 Å². The Bertz CT molecular complexity index is 640. The highest BCUT2D eigenvalue weighted by Gasteiger charge is 2.04. The highest BCUT2D eigenvalue weighted by Crippen LogP contribution is 2.23. The molecule has 102 valence electrons. The van der Waals surface area contributed by atoms with E-state index < -0.39 is 0 Å². The molecule has 2 aromatic carbocycles. The van der Waals surface area contributed by atoms with Crippen LogP contribution in [0.2, 0.25) is 5.02 Å². The highest BCUT2D eigenvalue weighted by molar-refractivity contribution is 9.10.